The summed E-state index contributed by atoms with van der Waals surface area (Å²) in [5, 5.41) is 0. The topological polar surface area (TPSA) is 143 Å². The van der Waals surface area contributed by atoms with Crippen molar-refractivity contribution >= 4 is 32.3 Å². The van der Waals surface area contributed by atoms with E-state index in [9.17, 15) is 35.5 Å². The standard InChI is InChI=1S/C29H30O8S2/c30-20-21-9-11-22(12-10-21)28(31)23-13-14-25-24-7-1-2-8-26(24)29(27(25)19-23,15-3-5-17-38(32,33)34)16-4-6-18-39(35,36)37/h1-2,7-14,19-20H,3-6,15-18H2,(H,32,33,34)(H,35,36,37). The van der Waals surface area contributed by atoms with E-state index in [1.54, 1.807) is 30.3 Å². The maximum atomic E-state index is 13.4. The van der Waals surface area contributed by atoms with Gasteiger partial charge in [-0.3, -0.25) is 18.7 Å². The number of ketones is 1. The van der Waals surface area contributed by atoms with E-state index in [1.807, 2.05) is 36.4 Å². The molecule has 4 rings (SSSR count). The van der Waals surface area contributed by atoms with Crippen LogP contribution < -0.4 is 0 Å². The molecule has 0 saturated carbocycles. The summed E-state index contributed by atoms with van der Waals surface area (Å²) in [6.45, 7) is 0. The second-order valence-corrected chi connectivity index (χ2v) is 13.1. The molecule has 0 amide bonds. The fourth-order valence-corrected chi connectivity index (χ4v) is 6.70. The summed E-state index contributed by atoms with van der Waals surface area (Å²) in [6.07, 6.45) is 3.16. The average molecular weight is 571 g/mol. The van der Waals surface area contributed by atoms with Crippen molar-refractivity contribution in [2.75, 3.05) is 11.5 Å². The van der Waals surface area contributed by atoms with Gasteiger partial charge >= 0.3 is 0 Å². The van der Waals surface area contributed by atoms with Crippen LogP contribution >= 0.6 is 0 Å². The first kappa shape index (κ1) is 28.8. The van der Waals surface area contributed by atoms with Gasteiger partial charge in [-0.2, -0.15) is 16.8 Å². The lowest BCUT2D eigenvalue weighted by atomic mass is 9.70. The molecule has 0 atom stereocenters. The van der Waals surface area contributed by atoms with Crippen LogP contribution in [0.4, 0.5) is 0 Å². The average Bonchev–Trinajstić information content (AvgIpc) is 3.17. The fourth-order valence-electron chi connectivity index (χ4n) is 5.56. The Morgan fingerprint density at radius 1 is 0.692 bits per heavy atom. The Kier molecular flexibility index (Phi) is 8.51. The van der Waals surface area contributed by atoms with Gasteiger partial charge < -0.3 is 0 Å². The van der Waals surface area contributed by atoms with Gasteiger partial charge in [0.25, 0.3) is 20.2 Å². The number of carbonyl (C=O) groups excluding carboxylic acids is 2. The van der Waals surface area contributed by atoms with E-state index in [4.69, 9.17) is 0 Å². The Morgan fingerprint density at radius 3 is 1.79 bits per heavy atom. The molecule has 0 unspecified atom stereocenters. The first-order valence-electron chi connectivity index (χ1n) is 12.7. The smallest absolute Gasteiger partial charge is 0.264 e. The fraction of sp³-hybridized carbons (Fsp3) is 0.310. The third-order valence-corrected chi connectivity index (χ3v) is 8.96. The molecule has 0 aliphatic heterocycles. The second kappa shape index (κ2) is 11.5. The number of unbranched alkanes of at least 4 members (excludes halogenated alkanes) is 2. The molecule has 1 aliphatic carbocycles. The van der Waals surface area contributed by atoms with Crippen LogP contribution in [0.3, 0.4) is 0 Å². The van der Waals surface area contributed by atoms with Crippen molar-refractivity contribution in [3.8, 4) is 11.1 Å². The minimum absolute atomic E-state index is 0.210. The molecular weight excluding hydrogens is 540 g/mol. The lowest BCUT2D eigenvalue weighted by Gasteiger charge is -2.33. The van der Waals surface area contributed by atoms with Crippen molar-refractivity contribution in [2.45, 2.75) is 43.9 Å². The highest BCUT2D eigenvalue weighted by atomic mass is 32.2. The Hall–Kier alpha value is -3.18. The molecule has 0 heterocycles. The highest BCUT2D eigenvalue weighted by Gasteiger charge is 2.42. The predicted octanol–water partition coefficient (Wildman–Crippen LogP) is 5.11. The lowest BCUT2D eigenvalue weighted by Crippen LogP contribution is -2.26. The Balaban J connectivity index is 1.75. The van der Waals surface area contributed by atoms with Crippen LogP contribution in [0.5, 0.6) is 0 Å². The van der Waals surface area contributed by atoms with Crippen molar-refractivity contribution in [3.63, 3.8) is 0 Å². The minimum atomic E-state index is -4.11. The summed E-state index contributed by atoms with van der Waals surface area (Å²) in [5.41, 5.74) is 4.58. The largest absolute Gasteiger partial charge is 0.298 e. The van der Waals surface area contributed by atoms with E-state index in [0.29, 0.717) is 48.7 Å². The summed E-state index contributed by atoms with van der Waals surface area (Å²) in [7, 11) is -8.23. The summed E-state index contributed by atoms with van der Waals surface area (Å²) in [4.78, 5) is 24.4. The summed E-state index contributed by atoms with van der Waals surface area (Å²) in [5.74, 6) is -0.941. The van der Waals surface area contributed by atoms with Gasteiger partial charge in [0.15, 0.2) is 5.78 Å². The van der Waals surface area contributed by atoms with Crippen LogP contribution in [0.1, 0.15) is 75.9 Å². The number of aldehydes is 1. The molecule has 0 saturated heterocycles. The maximum absolute atomic E-state index is 13.4. The molecule has 206 valence electrons. The molecule has 0 spiro atoms. The summed E-state index contributed by atoms with van der Waals surface area (Å²) >= 11 is 0. The number of hydrogen-bond acceptors (Lipinski definition) is 6. The van der Waals surface area contributed by atoms with Gasteiger partial charge in [0.2, 0.25) is 0 Å². The molecule has 0 radical (unpaired) electrons. The minimum Gasteiger partial charge on any atom is -0.298 e. The highest BCUT2D eigenvalue weighted by Crippen LogP contribution is 2.54. The molecule has 2 N–H and O–H groups in total. The zero-order chi connectivity index (χ0) is 28.3. The first-order valence-corrected chi connectivity index (χ1v) is 15.9. The molecule has 8 nitrogen and oxygen atoms in total. The SMILES string of the molecule is O=Cc1ccc(C(=O)c2ccc3c(c2)C(CCCCS(=O)(=O)O)(CCCCS(=O)(=O)O)c2ccccc2-3)cc1. The quantitative estimate of drug-likeness (QED) is 0.125. The van der Waals surface area contributed by atoms with Crippen LogP contribution in [0.15, 0.2) is 66.7 Å². The van der Waals surface area contributed by atoms with Crippen molar-refractivity contribution < 1.29 is 35.5 Å². The normalized spacial score (nSPS) is 14.0. The van der Waals surface area contributed by atoms with Gasteiger partial charge in [0, 0.05) is 22.1 Å². The van der Waals surface area contributed by atoms with Gasteiger partial charge in [-0.1, -0.05) is 73.5 Å². The Labute approximate surface area is 228 Å². The van der Waals surface area contributed by atoms with E-state index in [2.05, 4.69) is 0 Å². The van der Waals surface area contributed by atoms with Gasteiger partial charge in [-0.15, -0.1) is 0 Å². The van der Waals surface area contributed by atoms with E-state index in [0.717, 1.165) is 22.3 Å². The van der Waals surface area contributed by atoms with Crippen LogP contribution in [0.2, 0.25) is 0 Å². The summed E-state index contributed by atoms with van der Waals surface area (Å²) < 4.78 is 63.7. The zero-order valence-electron chi connectivity index (χ0n) is 21.2. The molecule has 0 aromatic heterocycles. The molecule has 10 heteroatoms. The number of hydrogen-bond donors (Lipinski definition) is 2. The van der Waals surface area contributed by atoms with Gasteiger partial charge in [0.1, 0.15) is 6.29 Å². The molecular formula is C29H30O8S2. The van der Waals surface area contributed by atoms with Gasteiger partial charge in [-0.05, 0) is 54.0 Å². The predicted molar refractivity (Wildman–Crippen MR) is 148 cm³/mol. The summed E-state index contributed by atoms with van der Waals surface area (Å²) in [6, 6.07) is 19.7. The first-order chi connectivity index (χ1) is 18.4. The highest BCUT2D eigenvalue weighted by molar-refractivity contribution is 7.86. The molecule has 0 fully saturated rings. The lowest BCUT2D eigenvalue weighted by molar-refractivity contribution is 0.103. The van der Waals surface area contributed by atoms with Crippen molar-refractivity contribution in [3.05, 3.63) is 94.5 Å². The Morgan fingerprint density at radius 2 is 1.23 bits per heavy atom. The number of benzene rings is 3. The van der Waals surface area contributed by atoms with Crippen LogP contribution in [0.25, 0.3) is 11.1 Å². The Bertz CT molecular complexity index is 1550. The van der Waals surface area contributed by atoms with E-state index in [1.165, 1.54) is 0 Å². The van der Waals surface area contributed by atoms with E-state index >= 15 is 0 Å². The molecule has 1 aliphatic rings. The van der Waals surface area contributed by atoms with Crippen LogP contribution in [-0.4, -0.2) is 49.5 Å². The molecule has 3 aromatic carbocycles. The zero-order valence-corrected chi connectivity index (χ0v) is 22.9. The van der Waals surface area contributed by atoms with Crippen LogP contribution in [-0.2, 0) is 25.7 Å². The second-order valence-electron chi connectivity index (χ2n) is 9.94. The van der Waals surface area contributed by atoms with Crippen molar-refractivity contribution in [2.24, 2.45) is 0 Å². The molecule has 0 bridgehead atoms. The van der Waals surface area contributed by atoms with Crippen molar-refractivity contribution in [1.82, 2.24) is 0 Å². The number of carbonyl (C=O) groups is 2. The number of rotatable bonds is 13. The van der Waals surface area contributed by atoms with Crippen molar-refractivity contribution in [1.29, 1.82) is 0 Å². The third-order valence-electron chi connectivity index (χ3n) is 7.35. The molecule has 39 heavy (non-hydrogen) atoms. The maximum Gasteiger partial charge on any atom is 0.264 e. The third kappa shape index (κ3) is 6.70. The van der Waals surface area contributed by atoms with Gasteiger partial charge in [-0.25, -0.2) is 0 Å². The van der Waals surface area contributed by atoms with Crippen LogP contribution in [0, 0.1) is 0 Å². The van der Waals surface area contributed by atoms with Gasteiger partial charge in [0.05, 0.1) is 11.5 Å². The monoisotopic (exact) mass is 570 g/mol. The van der Waals surface area contributed by atoms with E-state index in [-0.39, 0.29) is 30.1 Å². The van der Waals surface area contributed by atoms with E-state index < -0.39 is 25.7 Å². The molecule has 3 aromatic rings. The number of fused-ring (bicyclic) bond motifs is 3.